The molecule has 4 N–H and O–H groups in total. The molecule has 0 aliphatic carbocycles. The van der Waals surface area contributed by atoms with Gasteiger partial charge >= 0.3 is 12.1 Å². The number of alkyl carbamates (subject to hydrolysis) is 1. The number of hydrogen-bond acceptors (Lipinski definition) is 7. The molecule has 0 aromatic heterocycles. The second-order valence-electron chi connectivity index (χ2n) is 10.9. The maximum Gasteiger partial charge on any atom is 0.408 e. The number of carbonyl (C=O) groups excluding carboxylic acids is 5. The molecule has 11 heteroatoms. The van der Waals surface area contributed by atoms with E-state index in [1.807, 2.05) is 13.8 Å². The Morgan fingerprint density at radius 1 is 1.07 bits per heavy atom. The first kappa shape index (κ1) is 34.0. The van der Waals surface area contributed by atoms with E-state index in [0.29, 0.717) is 24.0 Å². The molecule has 3 unspecified atom stereocenters. The highest BCUT2D eigenvalue weighted by Gasteiger charge is 2.40. The summed E-state index contributed by atoms with van der Waals surface area (Å²) < 4.78 is 9.93. The summed E-state index contributed by atoms with van der Waals surface area (Å²) in [6.07, 6.45) is 5.45. The molecule has 40 heavy (non-hydrogen) atoms. The van der Waals surface area contributed by atoms with Crippen molar-refractivity contribution in [3.63, 3.8) is 0 Å². The normalized spacial score (nSPS) is 13.3. The van der Waals surface area contributed by atoms with Gasteiger partial charge in [0.05, 0.1) is 13.5 Å². The van der Waals surface area contributed by atoms with Gasteiger partial charge in [-0.25, -0.2) is 4.79 Å². The summed E-state index contributed by atoms with van der Waals surface area (Å²) in [7, 11) is 1.18. The predicted molar refractivity (Wildman–Crippen MR) is 149 cm³/mol. The molecule has 11 nitrogen and oxygen atoms in total. The third-order valence-corrected chi connectivity index (χ3v) is 5.86. The molecule has 1 aromatic rings. The minimum atomic E-state index is -1.44. The van der Waals surface area contributed by atoms with E-state index in [2.05, 4.69) is 21.3 Å². The lowest BCUT2D eigenvalue weighted by Gasteiger charge is -2.39. The van der Waals surface area contributed by atoms with Crippen molar-refractivity contribution in [1.29, 1.82) is 0 Å². The number of methoxy groups -OCH3 is 1. The van der Waals surface area contributed by atoms with E-state index in [0.717, 1.165) is 0 Å². The largest absolute Gasteiger partial charge is 0.468 e. The van der Waals surface area contributed by atoms with Crippen LogP contribution < -0.4 is 16.4 Å². The van der Waals surface area contributed by atoms with E-state index in [9.17, 15) is 24.0 Å². The van der Waals surface area contributed by atoms with Crippen molar-refractivity contribution in [3.05, 3.63) is 35.4 Å². The molecule has 0 saturated carbocycles. The van der Waals surface area contributed by atoms with Crippen molar-refractivity contribution in [1.82, 2.24) is 15.5 Å². The van der Waals surface area contributed by atoms with E-state index < -0.39 is 66.5 Å². The molecule has 1 rings (SSSR count). The van der Waals surface area contributed by atoms with Gasteiger partial charge in [0.2, 0.25) is 17.7 Å². The molecule has 0 aliphatic rings. The summed E-state index contributed by atoms with van der Waals surface area (Å²) >= 11 is 0. The lowest BCUT2D eigenvalue weighted by atomic mass is 9.94. The van der Waals surface area contributed by atoms with Crippen LogP contribution in [0.3, 0.4) is 0 Å². The zero-order valence-corrected chi connectivity index (χ0v) is 24.4. The Kier molecular flexibility index (Phi) is 13.2. The van der Waals surface area contributed by atoms with Crippen molar-refractivity contribution < 1.29 is 33.4 Å². The van der Waals surface area contributed by atoms with E-state index in [-0.39, 0.29) is 5.92 Å². The molecular weight excluding hydrogens is 516 g/mol. The van der Waals surface area contributed by atoms with Gasteiger partial charge < -0.3 is 30.7 Å². The molecular formula is C29H42N4O7. The van der Waals surface area contributed by atoms with Crippen LogP contribution in [0.5, 0.6) is 0 Å². The Morgan fingerprint density at radius 3 is 2.23 bits per heavy atom. The molecule has 0 saturated heterocycles. The van der Waals surface area contributed by atoms with Crippen molar-refractivity contribution in [2.75, 3.05) is 13.7 Å². The predicted octanol–water partition coefficient (Wildman–Crippen LogP) is 2.42. The summed E-state index contributed by atoms with van der Waals surface area (Å²) in [6, 6.07) is 3.26. The fraction of sp³-hybridized carbons (Fsp3) is 0.552. The lowest BCUT2D eigenvalue weighted by Crippen LogP contribution is -2.56. The highest BCUT2D eigenvalue weighted by molar-refractivity contribution is 5.95. The van der Waals surface area contributed by atoms with Crippen LogP contribution in [0.2, 0.25) is 0 Å². The molecule has 3 atom stereocenters. The number of nitrogens with two attached hydrogens (primary N) is 1. The number of carbonyl (C=O) groups is 5. The zero-order chi connectivity index (χ0) is 30.6. The summed E-state index contributed by atoms with van der Waals surface area (Å²) in [6.45, 7) is 10.3. The van der Waals surface area contributed by atoms with Crippen LogP contribution >= 0.6 is 0 Å². The smallest absolute Gasteiger partial charge is 0.408 e. The number of benzene rings is 1. The van der Waals surface area contributed by atoms with Gasteiger partial charge in [-0.05, 0) is 58.1 Å². The molecule has 1 aromatic carbocycles. The maximum atomic E-state index is 14.2. The van der Waals surface area contributed by atoms with E-state index in [1.165, 1.54) is 12.0 Å². The van der Waals surface area contributed by atoms with Gasteiger partial charge in [-0.2, -0.15) is 0 Å². The molecule has 0 heterocycles. The minimum absolute atomic E-state index is 0.283. The molecule has 0 fully saturated rings. The van der Waals surface area contributed by atoms with E-state index in [4.69, 9.17) is 16.9 Å². The summed E-state index contributed by atoms with van der Waals surface area (Å²) in [4.78, 5) is 65.6. The van der Waals surface area contributed by atoms with Crippen LogP contribution in [0.15, 0.2) is 24.3 Å². The number of amides is 4. The standard InChI is InChI=1S/C29H42N4O7/c1-9-20-12-10-11-13-21(20)25(26(36)31-17-24(35)39-8)33(19(4)15-14-18(2)3)27(37)22(16-23(30)34)32-28(38)40-29(5,6)7/h1,10-13,18-19,22,25H,14-17H2,2-8H3,(H2,30,34)(H,31,36)(H,32,38). The number of terminal acetylenes is 1. The lowest BCUT2D eigenvalue weighted by molar-refractivity contribution is -0.147. The number of hydrogen-bond donors (Lipinski definition) is 3. The average molecular weight is 559 g/mol. The Bertz CT molecular complexity index is 1100. The monoisotopic (exact) mass is 558 g/mol. The quantitative estimate of drug-likeness (QED) is 0.248. The fourth-order valence-electron chi connectivity index (χ4n) is 3.96. The van der Waals surface area contributed by atoms with Gasteiger partial charge in [0.15, 0.2) is 0 Å². The third-order valence-electron chi connectivity index (χ3n) is 5.86. The van der Waals surface area contributed by atoms with Crippen LogP contribution in [-0.2, 0) is 28.7 Å². The van der Waals surface area contributed by atoms with Crippen LogP contribution in [0, 0.1) is 18.3 Å². The first-order valence-corrected chi connectivity index (χ1v) is 13.1. The number of rotatable bonds is 13. The van der Waals surface area contributed by atoms with E-state index in [1.54, 1.807) is 52.0 Å². The van der Waals surface area contributed by atoms with Crippen molar-refractivity contribution in [3.8, 4) is 12.3 Å². The summed E-state index contributed by atoms with van der Waals surface area (Å²) in [5.41, 5.74) is 5.23. The SMILES string of the molecule is C#Cc1ccccc1C(C(=O)NCC(=O)OC)N(C(=O)C(CC(N)=O)NC(=O)OC(C)(C)C)C(C)CCC(C)C. The molecule has 0 bridgehead atoms. The van der Waals surface area contributed by atoms with Gasteiger partial charge in [0, 0.05) is 11.6 Å². The maximum absolute atomic E-state index is 14.2. The van der Waals surface area contributed by atoms with Gasteiger partial charge in [0.25, 0.3) is 0 Å². The first-order valence-electron chi connectivity index (χ1n) is 13.1. The average Bonchev–Trinajstić information content (AvgIpc) is 2.86. The van der Waals surface area contributed by atoms with Crippen molar-refractivity contribution in [2.24, 2.45) is 11.7 Å². The highest BCUT2D eigenvalue weighted by Crippen LogP contribution is 2.30. The number of ether oxygens (including phenoxy) is 2. The van der Waals surface area contributed by atoms with Crippen LogP contribution in [0.4, 0.5) is 4.79 Å². The summed E-state index contributed by atoms with van der Waals surface area (Å²) in [5, 5.41) is 4.95. The third kappa shape index (κ3) is 11.0. The van der Waals surface area contributed by atoms with Gasteiger partial charge in [0.1, 0.15) is 24.2 Å². The number of nitrogens with zero attached hydrogens (tertiary/aromatic N) is 1. The van der Waals surface area contributed by atoms with Gasteiger partial charge in [-0.15, -0.1) is 6.42 Å². The number of nitrogens with one attached hydrogen (secondary N) is 2. The fourth-order valence-corrected chi connectivity index (χ4v) is 3.96. The molecule has 4 amide bonds. The highest BCUT2D eigenvalue weighted by atomic mass is 16.6. The molecule has 0 spiro atoms. The van der Waals surface area contributed by atoms with Crippen LogP contribution in [0.25, 0.3) is 0 Å². The number of primary amides is 1. The Hall–Kier alpha value is -4.07. The number of esters is 1. The zero-order valence-electron chi connectivity index (χ0n) is 24.4. The first-order chi connectivity index (χ1) is 18.6. The van der Waals surface area contributed by atoms with Crippen LogP contribution in [0.1, 0.15) is 78.0 Å². The Balaban J connectivity index is 3.73. The van der Waals surface area contributed by atoms with Crippen molar-refractivity contribution in [2.45, 2.75) is 84.5 Å². The Labute approximate surface area is 236 Å². The second kappa shape index (κ2) is 15.5. The topological polar surface area (TPSA) is 157 Å². The molecule has 220 valence electrons. The molecule has 0 radical (unpaired) electrons. The minimum Gasteiger partial charge on any atom is -0.468 e. The summed E-state index contributed by atoms with van der Waals surface area (Å²) in [5.74, 6) is -0.167. The van der Waals surface area contributed by atoms with Gasteiger partial charge in [-0.3, -0.25) is 19.2 Å². The van der Waals surface area contributed by atoms with Gasteiger partial charge in [-0.1, -0.05) is 38.0 Å². The van der Waals surface area contributed by atoms with Crippen molar-refractivity contribution >= 4 is 29.8 Å². The molecule has 0 aliphatic heterocycles. The second-order valence-corrected chi connectivity index (χ2v) is 10.9. The Morgan fingerprint density at radius 2 is 1.70 bits per heavy atom. The van der Waals surface area contributed by atoms with E-state index >= 15 is 0 Å². The van der Waals surface area contributed by atoms with Crippen LogP contribution in [-0.4, -0.2) is 66.0 Å².